The molecular weight excluding hydrogens is 953 g/mol. The highest BCUT2D eigenvalue weighted by molar-refractivity contribution is 6.84. The molecule has 0 saturated carbocycles. The number of fused-ring (bicyclic) bond motifs is 8. The number of H-pyrrole nitrogens is 2. The smallest absolute Gasteiger partial charge is 0.129 e. The van der Waals surface area contributed by atoms with Crippen molar-refractivity contribution in [3.8, 4) is 45.2 Å². The fourth-order valence-electron chi connectivity index (χ4n) is 11.3. The van der Waals surface area contributed by atoms with Gasteiger partial charge in [-0.15, -0.1) is 11.1 Å². The molecule has 7 rings (SSSR count). The van der Waals surface area contributed by atoms with E-state index in [1.807, 2.05) is 0 Å². The normalized spacial score (nSPS) is 12.8. The lowest BCUT2D eigenvalue weighted by Gasteiger charge is -2.11. The molecule has 4 nitrogen and oxygen atoms in total. The van der Waals surface area contributed by atoms with Crippen molar-refractivity contribution in [3.05, 3.63) is 117 Å². The number of nitrogens with zero attached hydrogens (tertiary/aromatic N) is 2. The second-order valence-corrected chi connectivity index (χ2v) is 33.9. The van der Waals surface area contributed by atoms with Gasteiger partial charge in [0.15, 0.2) is 0 Å². The van der Waals surface area contributed by atoms with Gasteiger partial charge >= 0.3 is 0 Å². The number of aromatic nitrogens is 4. The minimum Gasteiger partial charge on any atom is -0.354 e. The zero-order valence-corrected chi connectivity index (χ0v) is 51.8. The van der Waals surface area contributed by atoms with E-state index in [4.69, 9.17) is 9.97 Å². The molecule has 5 aromatic rings. The molecule has 0 unspecified atom stereocenters. The zero-order chi connectivity index (χ0) is 54.6. The maximum Gasteiger partial charge on any atom is 0.129 e. The van der Waals surface area contributed by atoms with E-state index in [9.17, 15) is 0 Å². The van der Waals surface area contributed by atoms with Gasteiger partial charge in [-0.05, 0) is 171 Å². The van der Waals surface area contributed by atoms with Crippen LogP contribution < -0.4 is 0 Å². The van der Waals surface area contributed by atoms with E-state index in [1.165, 1.54) is 155 Å². The summed E-state index contributed by atoms with van der Waals surface area (Å²) >= 11 is 0. The first-order chi connectivity index (χ1) is 36.5. The average Bonchev–Trinajstić information content (AvgIpc) is 4.07. The molecule has 2 aromatic carbocycles. The van der Waals surface area contributed by atoms with Crippen LogP contribution in [-0.2, 0) is 12.8 Å². The second kappa shape index (κ2) is 26.8. The Hall–Kier alpha value is -5.41. The number of hydrogen-bond acceptors (Lipinski definition) is 2. The van der Waals surface area contributed by atoms with Gasteiger partial charge in [0.25, 0.3) is 0 Å². The van der Waals surface area contributed by atoms with E-state index in [-0.39, 0.29) is 0 Å². The Balaban J connectivity index is 1.72. The summed E-state index contributed by atoms with van der Waals surface area (Å²) in [6.07, 6.45) is 23.2. The predicted molar refractivity (Wildman–Crippen MR) is 340 cm³/mol. The lowest BCUT2D eigenvalue weighted by atomic mass is 9.91. The quantitative estimate of drug-likeness (QED) is 0.0412. The molecule has 0 atom stereocenters. The number of aromatic amines is 2. The zero-order valence-electron chi connectivity index (χ0n) is 49.8. The van der Waals surface area contributed by atoms with Crippen molar-refractivity contribution in [1.82, 2.24) is 19.9 Å². The summed E-state index contributed by atoms with van der Waals surface area (Å²) in [5.41, 5.74) is 33.9. The van der Waals surface area contributed by atoms with Crippen LogP contribution in [0.4, 0.5) is 0 Å². The van der Waals surface area contributed by atoms with Crippen LogP contribution >= 0.6 is 0 Å². The number of hydrogen-bond donors (Lipinski definition) is 2. The number of nitrogens with one attached hydrogen (secondary N) is 2. The first kappa shape index (κ1) is 58.3. The molecule has 2 N–H and O–H groups in total. The molecule has 402 valence electrons. The molecule has 8 bridgehead atoms. The maximum atomic E-state index is 5.92. The molecule has 0 radical (unpaired) electrons. The van der Waals surface area contributed by atoms with Gasteiger partial charge in [-0.3, -0.25) is 0 Å². The summed E-state index contributed by atoms with van der Waals surface area (Å²) in [4.78, 5) is 20.3. The third-order valence-electron chi connectivity index (χ3n) is 15.6. The standard InChI is InChI=1S/C70H94N4Si2/c1-15-19-23-27-37-57-49(5)67-65(55-35-31-33-53(45-55)41-43-75(9,10)11)68-51(7)59(39-29-25-21-17-3)63(73-68)48-64-60(40-30-26-22-18-4)52(8)70(74-64)66(56-36-32-34-54(46-56)42-44-76(12,13)14)69-50(6)58(38-28-24-20-16-2)62(72-69)47-61(57)71-67/h31-36,45-48,71,73H,15-30,37-40H2,1-14H3. The highest BCUT2D eigenvalue weighted by atomic mass is 28.3. The van der Waals surface area contributed by atoms with Gasteiger partial charge in [-0.25, -0.2) is 9.97 Å². The molecule has 0 saturated heterocycles. The third-order valence-corrected chi connectivity index (χ3v) is 17.4. The predicted octanol–water partition coefficient (Wildman–Crippen LogP) is 20.8. The summed E-state index contributed by atoms with van der Waals surface area (Å²) in [5.74, 6) is 7.27. The molecule has 76 heavy (non-hydrogen) atoms. The molecule has 0 aliphatic carbocycles. The maximum absolute atomic E-state index is 5.92. The lowest BCUT2D eigenvalue weighted by Crippen LogP contribution is -2.16. The van der Waals surface area contributed by atoms with Crippen molar-refractivity contribution in [3.63, 3.8) is 0 Å². The number of rotatable bonds is 22. The van der Waals surface area contributed by atoms with Gasteiger partial charge in [0.05, 0.1) is 33.8 Å². The van der Waals surface area contributed by atoms with Crippen LogP contribution in [0.1, 0.15) is 213 Å². The minimum atomic E-state index is -1.63. The van der Waals surface area contributed by atoms with Gasteiger partial charge in [-0.2, -0.15) is 0 Å². The lowest BCUT2D eigenvalue weighted by molar-refractivity contribution is 0.667. The highest BCUT2D eigenvalue weighted by Crippen LogP contribution is 2.45. The van der Waals surface area contributed by atoms with Crippen LogP contribution in [-0.4, -0.2) is 36.1 Å². The Morgan fingerprint density at radius 3 is 1.17 bits per heavy atom. The number of unbranched alkanes of at least 4 members (excludes halogenated alkanes) is 12. The highest BCUT2D eigenvalue weighted by Gasteiger charge is 2.28. The van der Waals surface area contributed by atoms with E-state index in [0.717, 1.165) is 96.4 Å². The van der Waals surface area contributed by atoms with Gasteiger partial charge in [0.2, 0.25) is 0 Å². The van der Waals surface area contributed by atoms with E-state index >= 15 is 0 Å². The summed E-state index contributed by atoms with van der Waals surface area (Å²) in [7, 11) is -3.26. The Morgan fingerprint density at radius 1 is 0.434 bits per heavy atom. The first-order valence-electron chi connectivity index (χ1n) is 29.9. The number of allylic oxidation sites excluding steroid dienone is 4. The van der Waals surface area contributed by atoms with E-state index in [1.54, 1.807) is 0 Å². The Bertz CT molecular complexity index is 3090. The van der Waals surface area contributed by atoms with E-state index < -0.39 is 16.1 Å². The van der Waals surface area contributed by atoms with Gasteiger partial charge in [-0.1, -0.05) is 180 Å². The van der Waals surface area contributed by atoms with Crippen molar-refractivity contribution in [2.24, 2.45) is 0 Å². The van der Waals surface area contributed by atoms with Gasteiger partial charge in [0, 0.05) is 33.3 Å². The molecule has 5 heterocycles. The molecule has 0 spiro atoms. The Kier molecular flexibility index (Phi) is 20.5. The van der Waals surface area contributed by atoms with E-state index in [2.05, 4.69) is 188 Å². The molecule has 0 fully saturated rings. The van der Waals surface area contributed by atoms with Gasteiger partial charge < -0.3 is 9.97 Å². The third kappa shape index (κ3) is 14.6. The van der Waals surface area contributed by atoms with E-state index in [0.29, 0.717) is 0 Å². The van der Waals surface area contributed by atoms with Crippen molar-refractivity contribution in [1.29, 1.82) is 0 Å². The van der Waals surface area contributed by atoms with Crippen LogP contribution in [0.25, 0.3) is 66.6 Å². The Morgan fingerprint density at radius 2 is 0.803 bits per heavy atom. The van der Waals surface area contributed by atoms with Crippen LogP contribution in [0.2, 0.25) is 39.3 Å². The van der Waals surface area contributed by atoms with Crippen LogP contribution in [0.5, 0.6) is 0 Å². The minimum absolute atomic E-state index is 0.987. The molecule has 6 heteroatoms. The van der Waals surface area contributed by atoms with Crippen LogP contribution in [0.3, 0.4) is 0 Å². The molecule has 2 aliphatic rings. The summed E-state index contributed by atoms with van der Waals surface area (Å²) in [6.45, 7) is 32.7. The number of aryl methyl sites for hydroxylation is 4. The monoisotopic (exact) mass is 1050 g/mol. The number of benzene rings is 2. The molecule has 0 amide bonds. The second-order valence-electron chi connectivity index (χ2n) is 24.4. The van der Waals surface area contributed by atoms with Crippen molar-refractivity contribution in [2.75, 3.05) is 0 Å². The van der Waals surface area contributed by atoms with Gasteiger partial charge in [0.1, 0.15) is 16.1 Å². The molecular formula is C70H94N4Si2. The molecule has 3 aromatic heterocycles. The van der Waals surface area contributed by atoms with Crippen LogP contribution in [0.15, 0.2) is 60.7 Å². The summed E-state index contributed by atoms with van der Waals surface area (Å²) in [5, 5.41) is 0. The van der Waals surface area contributed by atoms with Crippen molar-refractivity contribution in [2.45, 2.75) is 223 Å². The van der Waals surface area contributed by atoms with Crippen LogP contribution in [0, 0.1) is 36.8 Å². The van der Waals surface area contributed by atoms with Crippen molar-refractivity contribution >= 4 is 60.5 Å². The first-order valence-corrected chi connectivity index (χ1v) is 36.9. The topological polar surface area (TPSA) is 57.4 Å². The largest absolute Gasteiger partial charge is 0.354 e. The summed E-state index contributed by atoms with van der Waals surface area (Å²) < 4.78 is 0. The average molecular weight is 1050 g/mol. The van der Waals surface area contributed by atoms with Crippen molar-refractivity contribution < 1.29 is 0 Å². The fourth-order valence-corrected chi connectivity index (χ4v) is 12.3. The summed E-state index contributed by atoms with van der Waals surface area (Å²) in [6, 6.07) is 23.0. The Labute approximate surface area is 463 Å². The SMILES string of the molecule is CCCCCCC1=C(C)c2nc1cc1[nH]c(c(C)c1CCCCCC)c(-c1cccc(C#C[Si](C)(C)C)c1)c1[nH]c(cc3nc(c2-c2cccc(C#C[Si](C)(C)C)c2)C(C)=C3CCCCCC)c(CCCCCC)c1C. The molecule has 2 aliphatic heterocycles. The fraction of sp³-hybridized carbons (Fsp3) is 0.486.